The van der Waals surface area contributed by atoms with Gasteiger partial charge in [0.15, 0.2) is 0 Å². The number of rotatable bonds is 1. The maximum absolute atomic E-state index is 13.2. The normalized spacial score (nSPS) is 17.8. The van der Waals surface area contributed by atoms with Gasteiger partial charge < -0.3 is 10.1 Å². The Bertz CT molecular complexity index is 1460. The largest absolute Gasteiger partial charge is 0.456 e. The average Bonchev–Trinajstić information content (AvgIpc) is 3.18. The fraction of sp³-hybridized carbons (Fsp3) is 0.125. The molecule has 2 aromatic heterocycles. The van der Waals surface area contributed by atoms with E-state index in [2.05, 4.69) is 15.3 Å². The molecule has 0 bridgehead atoms. The van der Waals surface area contributed by atoms with Gasteiger partial charge in [0.1, 0.15) is 6.61 Å². The molecule has 32 heavy (non-hydrogen) atoms. The molecule has 6 rings (SSSR count). The highest BCUT2D eigenvalue weighted by atomic mass is 19.4. The first-order chi connectivity index (χ1) is 15.4. The molecule has 2 aromatic carbocycles. The summed E-state index contributed by atoms with van der Waals surface area (Å²) in [7, 11) is 0. The molecule has 0 fully saturated rings. The number of aromatic nitrogens is 2. The minimum atomic E-state index is -4.44. The number of nitrogens with one attached hydrogen (secondary N) is 1. The highest BCUT2D eigenvalue weighted by Crippen LogP contribution is 2.50. The molecule has 0 radical (unpaired) electrons. The van der Waals surface area contributed by atoms with Gasteiger partial charge in [0.2, 0.25) is 0 Å². The highest BCUT2D eigenvalue weighted by Gasteiger charge is 2.40. The van der Waals surface area contributed by atoms with Gasteiger partial charge in [-0.1, -0.05) is 18.2 Å². The first-order valence-electron chi connectivity index (χ1n) is 9.93. The zero-order valence-electron chi connectivity index (χ0n) is 16.4. The molecule has 0 amide bonds. The summed E-state index contributed by atoms with van der Waals surface area (Å²) >= 11 is 0. The van der Waals surface area contributed by atoms with Crippen molar-refractivity contribution in [2.24, 2.45) is 0 Å². The van der Waals surface area contributed by atoms with Gasteiger partial charge in [-0.25, -0.2) is 4.79 Å². The number of fused-ring (bicyclic) bond motifs is 6. The van der Waals surface area contributed by atoms with Crippen LogP contribution in [0.4, 0.5) is 18.9 Å². The zero-order chi connectivity index (χ0) is 22.0. The van der Waals surface area contributed by atoms with Gasteiger partial charge in [0.25, 0.3) is 0 Å². The van der Waals surface area contributed by atoms with Crippen LogP contribution in [0, 0.1) is 0 Å². The van der Waals surface area contributed by atoms with Crippen molar-refractivity contribution in [2.45, 2.75) is 12.1 Å². The molecule has 8 heteroatoms. The molecule has 5 nitrogen and oxygen atoms in total. The van der Waals surface area contributed by atoms with Crippen LogP contribution in [-0.2, 0) is 15.7 Å². The maximum atomic E-state index is 13.2. The minimum Gasteiger partial charge on any atom is -0.456 e. The van der Waals surface area contributed by atoms with Gasteiger partial charge >= 0.3 is 12.1 Å². The number of benzene rings is 2. The Morgan fingerprint density at radius 1 is 0.938 bits per heavy atom. The lowest BCUT2D eigenvalue weighted by Gasteiger charge is -2.29. The van der Waals surface area contributed by atoms with Crippen LogP contribution in [0.1, 0.15) is 22.6 Å². The van der Waals surface area contributed by atoms with Crippen LogP contribution in [-0.4, -0.2) is 22.5 Å². The number of anilines is 1. The van der Waals surface area contributed by atoms with Crippen molar-refractivity contribution in [1.29, 1.82) is 0 Å². The van der Waals surface area contributed by atoms with E-state index in [1.807, 2.05) is 18.2 Å². The van der Waals surface area contributed by atoms with Crippen LogP contribution in [0.2, 0.25) is 0 Å². The standard InChI is InChI=1S/C24H14F3N3O2/c25-24(26,27)13-7-5-12(6-8-13)17-18-14-3-1-9-28-21(14)22-15(4-2-10-29-22)20(18)30-16-11-32-23(31)19(16)17/h1-10,17,30H,11H2. The molecule has 158 valence electrons. The lowest BCUT2D eigenvalue weighted by atomic mass is 9.78. The molecule has 1 atom stereocenters. The molecule has 1 N–H and O–H groups in total. The number of nitrogens with zero attached hydrogens (tertiary/aromatic N) is 2. The number of halogens is 3. The van der Waals surface area contributed by atoms with Crippen LogP contribution in [0.5, 0.6) is 0 Å². The number of esters is 1. The van der Waals surface area contributed by atoms with Gasteiger partial charge in [-0.2, -0.15) is 13.2 Å². The topological polar surface area (TPSA) is 64.1 Å². The lowest BCUT2D eigenvalue weighted by molar-refractivity contribution is -0.138. The smallest absolute Gasteiger partial charge is 0.416 e. The van der Waals surface area contributed by atoms with Crippen molar-refractivity contribution in [3.63, 3.8) is 0 Å². The number of alkyl halides is 3. The Morgan fingerprint density at radius 3 is 2.28 bits per heavy atom. The second-order valence-electron chi connectivity index (χ2n) is 7.73. The average molecular weight is 433 g/mol. The summed E-state index contributed by atoms with van der Waals surface area (Å²) in [5, 5.41) is 4.94. The van der Waals surface area contributed by atoms with Crippen molar-refractivity contribution >= 4 is 33.5 Å². The van der Waals surface area contributed by atoms with E-state index >= 15 is 0 Å². The van der Waals surface area contributed by atoms with E-state index in [-0.39, 0.29) is 6.61 Å². The third-order valence-corrected chi connectivity index (χ3v) is 5.99. The van der Waals surface area contributed by atoms with E-state index in [1.54, 1.807) is 18.5 Å². The Kier molecular flexibility index (Phi) is 3.83. The predicted octanol–water partition coefficient (Wildman–Crippen LogP) is 5.17. The van der Waals surface area contributed by atoms with E-state index in [4.69, 9.17) is 4.74 Å². The van der Waals surface area contributed by atoms with Crippen LogP contribution in [0.25, 0.3) is 21.8 Å². The molecular formula is C24H14F3N3O2. The van der Waals surface area contributed by atoms with E-state index < -0.39 is 23.6 Å². The summed E-state index contributed by atoms with van der Waals surface area (Å²) in [6, 6.07) is 12.3. The summed E-state index contributed by atoms with van der Waals surface area (Å²) in [4.78, 5) is 21.7. The molecule has 0 aliphatic carbocycles. The molecule has 4 heterocycles. The number of pyridine rings is 2. The Morgan fingerprint density at radius 2 is 1.59 bits per heavy atom. The van der Waals surface area contributed by atoms with Gasteiger partial charge in [-0.15, -0.1) is 0 Å². The number of hydrogen-bond donors (Lipinski definition) is 1. The summed E-state index contributed by atoms with van der Waals surface area (Å²) in [5.74, 6) is -1.08. The first kappa shape index (κ1) is 18.8. The third-order valence-electron chi connectivity index (χ3n) is 5.99. The molecule has 2 aliphatic rings. The number of carbonyl (C=O) groups excluding carboxylic acids is 1. The van der Waals surface area contributed by atoms with Crippen molar-refractivity contribution in [3.05, 3.63) is 88.9 Å². The fourth-order valence-electron chi connectivity index (χ4n) is 4.63. The van der Waals surface area contributed by atoms with Gasteiger partial charge in [0.05, 0.1) is 33.6 Å². The highest BCUT2D eigenvalue weighted by molar-refractivity contribution is 6.14. The van der Waals surface area contributed by atoms with E-state index in [0.29, 0.717) is 27.9 Å². The van der Waals surface area contributed by atoms with E-state index in [0.717, 1.165) is 34.2 Å². The predicted molar refractivity (Wildman–Crippen MR) is 112 cm³/mol. The fourth-order valence-corrected chi connectivity index (χ4v) is 4.63. The van der Waals surface area contributed by atoms with Crippen molar-refractivity contribution in [2.75, 3.05) is 11.9 Å². The van der Waals surface area contributed by atoms with Crippen molar-refractivity contribution < 1.29 is 22.7 Å². The number of ether oxygens (including phenoxy) is 1. The monoisotopic (exact) mass is 433 g/mol. The van der Waals surface area contributed by atoms with Gasteiger partial charge in [-0.3, -0.25) is 9.97 Å². The van der Waals surface area contributed by atoms with Crippen molar-refractivity contribution in [1.82, 2.24) is 9.97 Å². The Balaban J connectivity index is 1.69. The number of cyclic esters (lactones) is 1. The van der Waals surface area contributed by atoms with Crippen LogP contribution >= 0.6 is 0 Å². The minimum absolute atomic E-state index is 0.0809. The summed E-state index contributed by atoms with van der Waals surface area (Å²) in [6.07, 6.45) is -1.09. The Hall–Kier alpha value is -3.94. The molecule has 0 saturated carbocycles. The third kappa shape index (κ3) is 2.62. The lowest BCUT2D eigenvalue weighted by Crippen LogP contribution is -2.21. The quantitative estimate of drug-likeness (QED) is 0.332. The number of carbonyl (C=O) groups is 1. The molecule has 0 saturated heterocycles. The number of hydrogen-bond acceptors (Lipinski definition) is 5. The second kappa shape index (κ2) is 6.53. The summed E-state index contributed by atoms with van der Waals surface area (Å²) < 4.78 is 44.8. The molecule has 1 unspecified atom stereocenters. The zero-order valence-corrected chi connectivity index (χ0v) is 16.4. The van der Waals surface area contributed by atoms with E-state index in [9.17, 15) is 18.0 Å². The van der Waals surface area contributed by atoms with Gasteiger partial charge in [-0.05, 0) is 41.5 Å². The molecule has 2 aliphatic heterocycles. The Labute approximate surface area is 179 Å². The van der Waals surface area contributed by atoms with E-state index in [1.165, 1.54) is 12.1 Å². The first-order valence-corrected chi connectivity index (χ1v) is 9.93. The molecule has 4 aromatic rings. The second-order valence-corrected chi connectivity index (χ2v) is 7.73. The summed E-state index contributed by atoms with van der Waals surface area (Å²) in [5.41, 5.74) is 3.74. The maximum Gasteiger partial charge on any atom is 0.416 e. The summed E-state index contributed by atoms with van der Waals surface area (Å²) in [6.45, 7) is 0.0809. The molecule has 0 spiro atoms. The molecular weight excluding hydrogens is 419 g/mol. The SMILES string of the molecule is O=C1OCC2=C1C(c1ccc(C(F)(F)F)cc1)c1c(c3cccnc3c3ncccc13)N2. The van der Waals surface area contributed by atoms with Crippen molar-refractivity contribution in [3.8, 4) is 0 Å². The van der Waals surface area contributed by atoms with Gasteiger partial charge in [0, 0.05) is 29.1 Å². The van der Waals surface area contributed by atoms with Crippen LogP contribution < -0.4 is 5.32 Å². The van der Waals surface area contributed by atoms with Crippen LogP contribution in [0.3, 0.4) is 0 Å². The van der Waals surface area contributed by atoms with Crippen LogP contribution in [0.15, 0.2) is 72.2 Å².